The third-order valence-electron chi connectivity index (χ3n) is 2.57. The molecule has 0 spiro atoms. The van der Waals surface area contributed by atoms with Gasteiger partial charge in [-0.1, -0.05) is 12.1 Å². The van der Waals surface area contributed by atoms with Crippen molar-refractivity contribution in [2.45, 2.75) is 13.8 Å². The van der Waals surface area contributed by atoms with Gasteiger partial charge in [0.15, 0.2) is 10.4 Å². The summed E-state index contributed by atoms with van der Waals surface area (Å²) in [6, 6.07) is 9.03. The third kappa shape index (κ3) is 2.09. The van der Waals surface area contributed by atoms with E-state index in [4.69, 9.17) is 4.42 Å². The van der Waals surface area contributed by atoms with Gasteiger partial charge in [-0.15, -0.1) is 0 Å². The molecule has 2 rings (SSSR count). The van der Waals surface area contributed by atoms with Crippen LogP contribution >= 0.6 is 15.9 Å². The summed E-state index contributed by atoms with van der Waals surface area (Å²) in [6.45, 7) is 4.01. The van der Waals surface area contributed by atoms with Crippen molar-refractivity contribution in [2.24, 2.45) is 0 Å². The van der Waals surface area contributed by atoms with Gasteiger partial charge in [0.2, 0.25) is 5.78 Å². The molecule has 1 aromatic heterocycles. The van der Waals surface area contributed by atoms with E-state index in [-0.39, 0.29) is 5.78 Å². The fraction of sp³-hybridized carbons (Fsp3) is 0.154. The Labute approximate surface area is 102 Å². The maximum Gasteiger partial charge on any atom is 0.228 e. The molecule has 3 heteroatoms. The van der Waals surface area contributed by atoms with Crippen molar-refractivity contribution in [2.75, 3.05) is 0 Å². The molecule has 2 nitrogen and oxygen atoms in total. The lowest BCUT2D eigenvalue weighted by Crippen LogP contribution is -2.00. The summed E-state index contributed by atoms with van der Waals surface area (Å²) in [7, 11) is 0. The number of halogens is 1. The zero-order valence-corrected chi connectivity index (χ0v) is 10.7. The van der Waals surface area contributed by atoms with Crippen LogP contribution in [-0.2, 0) is 0 Å². The molecule has 0 aliphatic rings. The number of aryl methyl sites for hydroxylation is 2. The smallest absolute Gasteiger partial charge is 0.228 e. The maximum absolute atomic E-state index is 12.0. The standard InChI is InChI=1S/C13H11BrO2/c1-8-3-4-10(7-9(8)2)13(15)11-5-6-12(14)16-11/h3-7H,1-2H3. The molecule has 0 aliphatic heterocycles. The minimum atomic E-state index is -0.0891. The fourth-order valence-electron chi connectivity index (χ4n) is 1.46. The van der Waals surface area contributed by atoms with Crippen LogP contribution in [0.3, 0.4) is 0 Å². The van der Waals surface area contributed by atoms with Gasteiger partial charge in [-0.05, 0) is 59.1 Å². The second kappa shape index (κ2) is 4.26. The Balaban J connectivity index is 2.38. The summed E-state index contributed by atoms with van der Waals surface area (Å²) in [5.74, 6) is 0.268. The van der Waals surface area contributed by atoms with Crippen LogP contribution in [0.5, 0.6) is 0 Å². The van der Waals surface area contributed by atoms with Gasteiger partial charge in [-0.2, -0.15) is 0 Å². The van der Waals surface area contributed by atoms with Crippen LogP contribution in [0.15, 0.2) is 39.4 Å². The predicted octanol–water partition coefficient (Wildman–Crippen LogP) is 3.89. The molecule has 16 heavy (non-hydrogen) atoms. The van der Waals surface area contributed by atoms with Gasteiger partial charge >= 0.3 is 0 Å². The molecular formula is C13H11BrO2. The molecule has 0 unspecified atom stereocenters. The average Bonchev–Trinajstić information content (AvgIpc) is 2.68. The molecule has 82 valence electrons. The summed E-state index contributed by atoms with van der Waals surface area (Å²) in [5.41, 5.74) is 2.94. The highest BCUT2D eigenvalue weighted by Crippen LogP contribution is 2.19. The highest BCUT2D eigenvalue weighted by atomic mass is 79.9. The zero-order chi connectivity index (χ0) is 11.7. The second-order valence-corrected chi connectivity index (χ2v) is 4.51. The largest absolute Gasteiger partial charge is 0.446 e. The number of furan rings is 1. The van der Waals surface area contributed by atoms with E-state index in [0.717, 1.165) is 5.56 Å². The number of rotatable bonds is 2. The molecule has 0 amide bonds. The molecule has 2 aromatic rings. The van der Waals surface area contributed by atoms with Crippen molar-refractivity contribution >= 4 is 21.7 Å². The quantitative estimate of drug-likeness (QED) is 0.781. The molecule has 0 fully saturated rings. The Bertz CT molecular complexity index is 541. The average molecular weight is 279 g/mol. The molecule has 1 heterocycles. The maximum atomic E-state index is 12.0. The van der Waals surface area contributed by atoms with Crippen molar-refractivity contribution in [3.05, 3.63) is 57.5 Å². The topological polar surface area (TPSA) is 30.2 Å². The van der Waals surface area contributed by atoms with E-state index in [0.29, 0.717) is 16.0 Å². The van der Waals surface area contributed by atoms with Gasteiger partial charge < -0.3 is 4.42 Å². The monoisotopic (exact) mass is 278 g/mol. The molecule has 0 saturated heterocycles. The molecule has 0 saturated carbocycles. The number of benzene rings is 1. The van der Waals surface area contributed by atoms with E-state index in [1.54, 1.807) is 12.1 Å². The Kier molecular flexibility index (Phi) is 2.97. The predicted molar refractivity (Wildman–Crippen MR) is 65.8 cm³/mol. The van der Waals surface area contributed by atoms with Crippen LogP contribution < -0.4 is 0 Å². The molecular weight excluding hydrogens is 268 g/mol. The lowest BCUT2D eigenvalue weighted by molar-refractivity contribution is 0.101. The van der Waals surface area contributed by atoms with E-state index < -0.39 is 0 Å². The summed E-state index contributed by atoms with van der Waals surface area (Å²) in [4.78, 5) is 12.0. The molecule has 0 radical (unpaired) electrons. The summed E-state index contributed by atoms with van der Waals surface area (Å²) >= 11 is 3.18. The first-order valence-electron chi connectivity index (χ1n) is 4.95. The fourth-order valence-corrected chi connectivity index (χ4v) is 1.77. The first-order valence-corrected chi connectivity index (χ1v) is 5.74. The van der Waals surface area contributed by atoms with Crippen LogP contribution in [0.4, 0.5) is 0 Å². The number of carbonyl (C=O) groups excluding carboxylic acids is 1. The highest BCUT2D eigenvalue weighted by molar-refractivity contribution is 9.10. The zero-order valence-electron chi connectivity index (χ0n) is 9.08. The van der Waals surface area contributed by atoms with E-state index >= 15 is 0 Å². The van der Waals surface area contributed by atoms with Crippen molar-refractivity contribution in [1.82, 2.24) is 0 Å². The molecule has 0 N–H and O–H groups in total. The lowest BCUT2D eigenvalue weighted by Gasteiger charge is -2.02. The van der Waals surface area contributed by atoms with Crippen LogP contribution in [-0.4, -0.2) is 5.78 Å². The SMILES string of the molecule is Cc1ccc(C(=O)c2ccc(Br)o2)cc1C. The summed E-state index contributed by atoms with van der Waals surface area (Å²) in [6.07, 6.45) is 0. The minimum absolute atomic E-state index is 0.0891. The Morgan fingerprint density at radius 2 is 1.88 bits per heavy atom. The highest BCUT2D eigenvalue weighted by Gasteiger charge is 2.13. The number of carbonyl (C=O) groups is 1. The molecule has 0 atom stereocenters. The van der Waals surface area contributed by atoms with Crippen LogP contribution in [0.2, 0.25) is 0 Å². The van der Waals surface area contributed by atoms with E-state index in [2.05, 4.69) is 15.9 Å². The van der Waals surface area contributed by atoms with E-state index in [1.807, 2.05) is 32.0 Å². The summed E-state index contributed by atoms with van der Waals surface area (Å²) < 4.78 is 5.81. The molecule has 1 aromatic carbocycles. The van der Waals surface area contributed by atoms with Crippen molar-refractivity contribution in [3.8, 4) is 0 Å². The lowest BCUT2D eigenvalue weighted by atomic mass is 10.0. The van der Waals surface area contributed by atoms with Gasteiger partial charge in [0.1, 0.15) is 0 Å². The first-order chi connectivity index (χ1) is 7.58. The van der Waals surface area contributed by atoms with Gasteiger partial charge in [0.25, 0.3) is 0 Å². The van der Waals surface area contributed by atoms with Crippen molar-refractivity contribution in [1.29, 1.82) is 0 Å². The Morgan fingerprint density at radius 1 is 1.12 bits per heavy atom. The van der Waals surface area contributed by atoms with E-state index in [9.17, 15) is 4.79 Å². The minimum Gasteiger partial charge on any atom is -0.446 e. The Morgan fingerprint density at radius 3 is 2.44 bits per heavy atom. The number of hydrogen-bond acceptors (Lipinski definition) is 2. The number of hydrogen-bond donors (Lipinski definition) is 0. The number of ketones is 1. The van der Waals surface area contributed by atoms with Crippen molar-refractivity contribution < 1.29 is 9.21 Å². The molecule has 0 bridgehead atoms. The van der Waals surface area contributed by atoms with Crippen LogP contribution in [0.1, 0.15) is 27.2 Å². The van der Waals surface area contributed by atoms with Gasteiger partial charge in [-0.3, -0.25) is 4.79 Å². The molecule has 0 aliphatic carbocycles. The van der Waals surface area contributed by atoms with E-state index in [1.165, 1.54) is 5.56 Å². The Hall–Kier alpha value is -1.35. The van der Waals surface area contributed by atoms with Crippen LogP contribution in [0.25, 0.3) is 0 Å². The van der Waals surface area contributed by atoms with Crippen LogP contribution in [0, 0.1) is 13.8 Å². The van der Waals surface area contributed by atoms with Gasteiger partial charge in [-0.25, -0.2) is 0 Å². The third-order valence-corrected chi connectivity index (χ3v) is 2.99. The van der Waals surface area contributed by atoms with Gasteiger partial charge in [0.05, 0.1) is 0 Å². The normalized spacial score (nSPS) is 10.4. The van der Waals surface area contributed by atoms with Gasteiger partial charge in [0, 0.05) is 5.56 Å². The summed E-state index contributed by atoms with van der Waals surface area (Å²) in [5, 5.41) is 0. The first kappa shape index (κ1) is 11.1. The van der Waals surface area contributed by atoms with Crippen molar-refractivity contribution in [3.63, 3.8) is 0 Å². The second-order valence-electron chi connectivity index (χ2n) is 3.73.